The first-order valence-electron chi connectivity index (χ1n) is 6.33. The Hall–Kier alpha value is -1.83. The first-order chi connectivity index (χ1) is 8.75. The van der Waals surface area contributed by atoms with Crippen LogP contribution in [0.25, 0.3) is 11.1 Å². The Bertz CT molecular complexity index is 573. The van der Waals surface area contributed by atoms with Crippen molar-refractivity contribution in [2.75, 3.05) is 0 Å². The van der Waals surface area contributed by atoms with Crippen LogP contribution in [0.2, 0.25) is 0 Å². The minimum absolute atomic E-state index is 0.142. The molecule has 3 rings (SSSR count). The number of benzene rings is 2. The Labute approximate surface area is 106 Å². The van der Waals surface area contributed by atoms with E-state index in [2.05, 4.69) is 6.07 Å². The summed E-state index contributed by atoms with van der Waals surface area (Å²) in [5.41, 5.74) is 2.78. The fraction of sp³-hybridized carbons (Fsp3) is 0.250. The van der Waals surface area contributed by atoms with E-state index in [-0.39, 0.29) is 11.6 Å². The quantitative estimate of drug-likeness (QED) is 0.824. The second-order valence-corrected chi connectivity index (χ2v) is 4.88. The van der Waals surface area contributed by atoms with Crippen molar-refractivity contribution in [3.63, 3.8) is 0 Å². The SMILES string of the molecule is Oc1ccc(F)cc1-c1ccccc1C1CCC1. The Morgan fingerprint density at radius 3 is 2.50 bits per heavy atom. The molecule has 0 amide bonds. The van der Waals surface area contributed by atoms with Crippen LogP contribution in [0, 0.1) is 5.82 Å². The maximum Gasteiger partial charge on any atom is 0.124 e. The molecule has 18 heavy (non-hydrogen) atoms. The van der Waals surface area contributed by atoms with Crippen LogP contribution in [-0.2, 0) is 0 Å². The van der Waals surface area contributed by atoms with Crippen LogP contribution in [0.4, 0.5) is 4.39 Å². The van der Waals surface area contributed by atoms with Gasteiger partial charge in [-0.1, -0.05) is 30.7 Å². The molecule has 2 aromatic carbocycles. The summed E-state index contributed by atoms with van der Waals surface area (Å²) < 4.78 is 13.4. The highest BCUT2D eigenvalue weighted by Gasteiger charge is 2.23. The molecule has 1 N–H and O–H groups in total. The van der Waals surface area contributed by atoms with E-state index in [9.17, 15) is 9.50 Å². The number of hydrogen-bond donors (Lipinski definition) is 1. The molecule has 0 radical (unpaired) electrons. The minimum Gasteiger partial charge on any atom is -0.507 e. The van der Waals surface area contributed by atoms with Gasteiger partial charge in [-0.2, -0.15) is 0 Å². The highest BCUT2D eigenvalue weighted by molar-refractivity contribution is 5.73. The maximum absolute atomic E-state index is 13.4. The van der Waals surface area contributed by atoms with Crippen molar-refractivity contribution in [3.05, 3.63) is 53.8 Å². The monoisotopic (exact) mass is 242 g/mol. The molecule has 92 valence electrons. The van der Waals surface area contributed by atoms with Crippen LogP contribution < -0.4 is 0 Å². The lowest BCUT2D eigenvalue weighted by Crippen LogP contribution is -2.09. The van der Waals surface area contributed by atoms with Crippen LogP contribution in [0.15, 0.2) is 42.5 Å². The van der Waals surface area contributed by atoms with E-state index in [1.165, 1.54) is 43.0 Å². The Kier molecular flexibility index (Phi) is 2.78. The molecule has 0 atom stereocenters. The Morgan fingerprint density at radius 1 is 1.00 bits per heavy atom. The van der Waals surface area contributed by atoms with Gasteiger partial charge < -0.3 is 5.11 Å². The van der Waals surface area contributed by atoms with Gasteiger partial charge in [-0.25, -0.2) is 4.39 Å². The third-order valence-corrected chi connectivity index (χ3v) is 3.75. The minimum atomic E-state index is -0.314. The maximum atomic E-state index is 13.4. The fourth-order valence-corrected chi connectivity index (χ4v) is 2.54. The van der Waals surface area contributed by atoms with E-state index < -0.39 is 0 Å². The molecule has 0 heterocycles. The van der Waals surface area contributed by atoms with Crippen LogP contribution in [0.1, 0.15) is 30.7 Å². The summed E-state index contributed by atoms with van der Waals surface area (Å²) in [6.07, 6.45) is 3.63. The summed E-state index contributed by atoms with van der Waals surface area (Å²) in [5, 5.41) is 9.92. The van der Waals surface area contributed by atoms with Crippen LogP contribution >= 0.6 is 0 Å². The number of phenols is 1. The molecule has 0 saturated heterocycles. The smallest absolute Gasteiger partial charge is 0.124 e. The lowest BCUT2D eigenvalue weighted by molar-refractivity contribution is 0.420. The number of phenolic OH excluding ortho intramolecular Hbond substituents is 1. The fourth-order valence-electron chi connectivity index (χ4n) is 2.54. The zero-order valence-corrected chi connectivity index (χ0v) is 10.1. The molecule has 2 heteroatoms. The van der Waals surface area contributed by atoms with Gasteiger partial charge in [0.2, 0.25) is 0 Å². The van der Waals surface area contributed by atoms with E-state index in [0.717, 1.165) is 5.56 Å². The first-order valence-corrected chi connectivity index (χ1v) is 6.33. The average Bonchev–Trinajstić information content (AvgIpc) is 2.31. The predicted molar refractivity (Wildman–Crippen MR) is 70.1 cm³/mol. The molecule has 2 aromatic rings. The summed E-state index contributed by atoms with van der Waals surface area (Å²) in [5.74, 6) is 0.387. The third-order valence-electron chi connectivity index (χ3n) is 3.75. The van der Waals surface area contributed by atoms with Crippen molar-refractivity contribution in [2.24, 2.45) is 0 Å². The molecule has 0 unspecified atom stereocenters. The summed E-state index contributed by atoms with van der Waals surface area (Å²) >= 11 is 0. The average molecular weight is 242 g/mol. The molecule has 0 aromatic heterocycles. The van der Waals surface area contributed by atoms with E-state index in [1.807, 2.05) is 18.2 Å². The summed E-state index contributed by atoms with van der Waals surface area (Å²) in [6, 6.07) is 12.1. The van der Waals surface area contributed by atoms with Crippen LogP contribution in [-0.4, -0.2) is 5.11 Å². The lowest BCUT2D eigenvalue weighted by atomic mass is 9.77. The third kappa shape index (κ3) is 1.88. The number of hydrogen-bond acceptors (Lipinski definition) is 1. The van der Waals surface area contributed by atoms with E-state index in [1.54, 1.807) is 0 Å². The van der Waals surface area contributed by atoms with E-state index >= 15 is 0 Å². The van der Waals surface area contributed by atoms with Crippen LogP contribution in [0.5, 0.6) is 5.75 Å². The molecule has 1 aliphatic carbocycles. The largest absolute Gasteiger partial charge is 0.507 e. The zero-order valence-electron chi connectivity index (χ0n) is 10.1. The molecular weight excluding hydrogens is 227 g/mol. The van der Waals surface area contributed by atoms with Crippen molar-refractivity contribution in [1.82, 2.24) is 0 Å². The number of aromatic hydroxyl groups is 1. The standard InChI is InChI=1S/C16H15FO/c17-12-8-9-16(18)15(10-12)14-7-2-1-6-13(14)11-4-3-5-11/h1-2,6-11,18H,3-5H2. The molecule has 1 aliphatic rings. The molecule has 1 fully saturated rings. The zero-order chi connectivity index (χ0) is 12.5. The molecule has 1 nitrogen and oxygen atoms in total. The van der Waals surface area contributed by atoms with Gasteiger partial charge in [-0.15, -0.1) is 0 Å². The van der Waals surface area contributed by atoms with Gasteiger partial charge in [-0.05, 0) is 48.1 Å². The van der Waals surface area contributed by atoms with Crippen molar-refractivity contribution in [1.29, 1.82) is 0 Å². The van der Waals surface area contributed by atoms with Crippen LogP contribution in [0.3, 0.4) is 0 Å². The number of rotatable bonds is 2. The van der Waals surface area contributed by atoms with Gasteiger partial charge in [0.05, 0.1) is 0 Å². The van der Waals surface area contributed by atoms with Gasteiger partial charge in [0, 0.05) is 5.56 Å². The van der Waals surface area contributed by atoms with Crippen molar-refractivity contribution < 1.29 is 9.50 Å². The Morgan fingerprint density at radius 2 is 1.78 bits per heavy atom. The van der Waals surface area contributed by atoms with Crippen molar-refractivity contribution >= 4 is 0 Å². The molecular formula is C16H15FO. The lowest BCUT2D eigenvalue weighted by Gasteiger charge is -2.28. The van der Waals surface area contributed by atoms with Gasteiger partial charge in [-0.3, -0.25) is 0 Å². The molecule has 0 spiro atoms. The summed E-state index contributed by atoms with van der Waals surface area (Å²) in [6.45, 7) is 0. The first kappa shape index (κ1) is 11.3. The van der Waals surface area contributed by atoms with Crippen molar-refractivity contribution in [2.45, 2.75) is 25.2 Å². The van der Waals surface area contributed by atoms with Gasteiger partial charge in [0.15, 0.2) is 0 Å². The molecule has 0 bridgehead atoms. The molecule has 1 saturated carbocycles. The van der Waals surface area contributed by atoms with E-state index in [4.69, 9.17) is 0 Å². The summed E-state index contributed by atoms with van der Waals surface area (Å²) in [7, 11) is 0. The second kappa shape index (κ2) is 4.45. The topological polar surface area (TPSA) is 20.2 Å². The highest BCUT2D eigenvalue weighted by Crippen LogP contribution is 2.42. The van der Waals surface area contributed by atoms with Crippen molar-refractivity contribution in [3.8, 4) is 16.9 Å². The summed E-state index contributed by atoms with van der Waals surface area (Å²) in [4.78, 5) is 0. The van der Waals surface area contributed by atoms with Gasteiger partial charge in [0.1, 0.15) is 11.6 Å². The van der Waals surface area contributed by atoms with Gasteiger partial charge in [0.25, 0.3) is 0 Å². The second-order valence-electron chi connectivity index (χ2n) is 4.88. The number of halogens is 1. The van der Waals surface area contributed by atoms with E-state index in [0.29, 0.717) is 11.5 Å². The predicted octanol–water partition coefficient (Wildman–Crippen LogP) is 4.47. The Balaban J connectivity index is 2.13. The highest BCUT2D eigenvalue weighted by atomic mass is 19.1. The van der Waals surface area contributed by atoms with Gasteiger partial charge >= 0.3 is 0 Å². The molecule has 0 aliphatic heterocycles. The normalized spacial score (nSPS) is 15.4.